The minimum atomic E-state index is 0.0396. The van der Waals surface area contributed by atoms with E-state index in [9.17, 15) is 0 Å². The van der Waals surface area contributed by atoms with E-state index in [-0.39, 0.29) is 6.04 Å². The maximum absolute atomic E-state index is 6.18. The van der Waals surface area contributed by atoms with Crippen molar-refractivity contribution in [1.29, 1.82) is 0 Å². The van der Waals surface area contributed by atoms with Crippen molar-refractivity contribution in [3.05, 3.63) is 24.2 Å². The highest BCUT2D eigenvalue weighted by Crippen LogP contribution is 2.37. The van der Waals surface area contributed by atoms with E-state index in [4.69, 9.17) is 10.2 Å². The molecule has 2 rings (SSSR count). The van der Waals surface area contributed by atoms with Crippen molar-refractivity contribution in [3.63, 3.8) is 0 Å². The van der Waals surface area contributed by atoms with Crippen molar-refractivity contribution in [2.24, 2.45) is 5.73 Å². The molecule has 2 heterocycles. The van der Waals surface area contributed by atoms with Gasteiger partial charge in [-0.1, -0.05) is 6.92 Å². The molecule has 1 aromatic heterocycles. The molecule has 0 aromatic carbocycles. The van der Waals surface area contributed by atoms with E-state index < -0.39 is 0 Å². The first-order chi connectivity index (χ1) is 6.79. The van der Waals surface area contributed by atoms with E-state index >= 15 is 0 Å². The molecule has 78 valence electrons. The second-order valence-electron chi connectivity index (χ2n) is 3.45. The Hall–Kier alpha value is -0.0600. The summed E-state index contributed by atoms with van der Waals surface area (Å²) in [4.78, 5) is 0. The van der Waals surface area contributed by atoms with Gasteiger partial charge in [0.25, 0.3) is 0 Å². The third-order valence-corrected chi connectivity index (χ3v) is 5.68. The number of nitrogens with two attached hydrogens (primary N) is 1. The van der Waals surface area contributed by atoms with Crippen LogP contribution in [0.2, 0.25) is 0 Å². The van der Waals surface area contributed by atoms with Gasteiger partial charge >= 0.3 is 0 Å². The Kier molecular flexibility index (Phi) is 3.47. The predicted molar refractivity (Wildman–Crippen MR) is 63.8 cm³/mol. The van der Waals surface area contributed by atoms with Crippen LogP contribution in [0.3, 0.4) is 0 Å². The van der Waals surface area contributed by atoms with Crippen LogP contribution in [0.25, 0.3) is 0 Å². The zero-order valence-electron chi connectivity index (χ0n) is 8.18. The average molecular weight is 229 g/mol. The molecule has 1 aromatic rings. The van der Waals surface area contributed by atoms with Gasteiger partial charge in [-0.25, -0.2) is 0 Å². The molecule has 0 saturated carbocycles. The van der Waals surface area contributed by atoms with Crippen LogP contribution < -0.4 is 5.73 Å². The molecule has 1 saturated heterocycles. The highest BCUT2D eigenvalue weighted by molar-refractivity contribution is 8.07. The second kappa shape index (κ2) is 4.64. The van der Waals surface area contributed by atoms with Gasteiger partial charge in [-0.15, -0.1) is 0 Å². The average Bonchev–Trinajstić information content (AvgIpc) is 2.70. The molecule has 14 heavy (non-hydrogen) atoms. The maximum atomic E-state index is 6.18. The molecule has 2 N–H and O–H groups in total. The van der Waals surface area contributed by atoms with E-state index in [0.29, 0.717) is 10.5 Å². The summed E-state index contributed by atoms with van der Waals surface area (Å²) in [6, 6.07) is 3.91. The number of thioether (sulfide) groups is 2. The standard InChI is InChI=1S/C10H15NOS2/c1-7-10(14-6-5-13-7)9(11)8-3-2-4-12-8/h2-4,7,9-10H,5-6,11H2,1H3. The van der Waals surface area contributed by atoms with Gasteiger partial charge in [-0.2, -0.15) is 23.5 Å². The Morgan fingerprint density at radius 1 is 1.50 bits per heavy atom. The van der Waals surface area contributed by atoms with Crippen LogP contribution >= 0.6 is 23.5 Å². The van der Waals surface area contributed by atoms with Crippen LogP contribution in [0.5, 0.6) is 0 Å². The van der Waals surface area contributed by atoms with Crippen molar-refractivity contribution in [1.82, 2.24) is 0 Å². The molecule has 1 aliphatic rings. The molecule has 4 heteroatoms. The summed E-state index contributed by atoms with van der Waals surface area (Å²) in [6.07, 6.45) is 1.69. The Bertz CT molecular complexity index is 276. The third-order valence-electron chi connectivity index (χ3n) is 2.46. The van der Waals surface area contributed by atoms with Gasteiger partial charge in [0.1, 0.15) is 5.76 Å². The number of rotatable bonds is 2. The molecule has 3 unspecified atom stereocenters. The largest absolute Gasteiger partial charge is 0.468 e. The fourth-order valence-corrected chi connectivity index (χ4v) is 4.54. The van der Waals surface area contributed by atoms with Crippen molar-refractivity contribution in [3.8, 4) is 0 Å². The lowest BCUT2D eigenvalue weighted by molar-refractivity contribution is 0.457. The summed E-state index contributed by atoms with van der Waals surface area (Å²) < 4.78 is 5.35. The Balaban J connectivity index is 2.06. The first kappa shape index (κ1) is 10.5. The zero-order chi connectivity index (χ0) is 9.97. The molecule has 0 spiro atoms. The Morgan fingerprint density at radius 3 is 2.93 bits per heavy atom. The van der Waals surface area contributed by atoms with Crippen molar-refractivity contribution in [2.75, 3.05) is 11.5 Å². The molecule has 0 aliphatic carbocycles. The molecule has 1 aliphatic heterocycles. The minimum Gasteiger partial charge on any atom is -0.468 e. The van der Waals surface area contributed by atoms with Crippen LogP contribution in [-0.4, -0.2) is 22.0 Å². The lowest BCUT2D eigenvalue weighted by atomic mass is 10.1. The third kappa shape index (κ3) is 2.12. The van der Waals surface area contributed by atoms with Crippen molar-refractivity contribution in [2.45, 2.75) is 23.5 Å². The monoisotopic (exact) mass is 229 g/mol. The molecule has 0 radical (unpaired) electrons. The maximum Gasteiger partial charge on any atom is 0.121 e. The molecule has 3 atom stereocenters. The summed E-state index contributed by atoms with van der Waals surface area (Å²) in [6.45, 7) is 2.25. The number of hydrogen-bond acceptors (Lipinski definition) is 4. The van der Waals surface area contributed by atoms with Gasteiger partial charge in [0, 0.05) is 22.0 Å². The number of furan rings is 1. The number of hydrogen-bond donors (Lipinski definition) is 1. The van der Waals surface area contributed by atoms with Crippen LogP contribution in [0.4, 0.5) is 0 Å². The van der Waals surface area contributed by atoms with Gasteiger partial charge in [-0.3, -0.25) is 0 Å². The highest BCUT2D eigenvalue weighted by Gasteiger charge is 2.30. The SMILES string of the molecule is CC1SCCSC1C(N)c1ccco1. The van der Waals surface area contributed by atoms with Gasteiger partial charge in [0.2, 0.25) is 0 Å². The molecule has 2 nitrogen and oxygen atoms in total. The van der Waals surface area contributed by atoms with Crippen LogP contribution in [-0.2, 0) is 0 Å². The highest BCUT2D eigenvalue weighted by atomic mass is 32.2. The molecule has 1 fully saturated rings. The van der Waals surface area contributed by atoms with E-state index in [1.807, 2.05) is 35.7 Å². The summed E-state index contributed by atoms with van der Waals surface area (Å²) in [7, 11) is 0. The molecule has 0 amide bonds. The lowest BCUT2D eigenvalue weighted by Gasteiger charge is -2.31. The first-order valence-electron chi connectivity index (χ1n) is 4.81. The summed E-state index contributed by atoms with van der Waals surface area (Å²) in [5.41, 5.74) is 6.18. The lowest BCUT2D eigenvalue weighted by Crippen LogP contribution is -2.33. The topological polar surface area (TPSA) is 39.2 Å². The Labute approximate surface area is 93.0 Å². The second-order valence-corrected chi connectivity index (χ2v) is 6.22. The zero-order valence-corrected chi connectivity index (χ0v) is 9.81. The first-order valence-corrected chi connectivity index (χ1v) is 6.91. The van der Waals surface area contributed by atoms with Crippen LogP contribution in [0.1, 0.15) is 18.7 Å². The van der Waals surface area contributed by atoms with E-state index in [1.165, 1.54) is 11.5 Å². The fraction of sp³-hybridized carbons (Fsp3) is 0.600. The summed E-state index contributed by atoms with van der Waals surface area (Å²) in [5.74, 6) is 3.36. The molecule has 0 bridgehead atoms. The molecular formula is C10H15NOS2. The Morgan fingerprint density at radius 2 is 2.29 bits per heavy atom. The van der Waals surface area contributed by atoms with Crippen molar-refractivity contribution < 1.29 is 4.42 Å². The van der Waals surface area contributed by atoms with Gasteiger partial charge in [0.05, 0.1) is 12.3 Å². The van der Waals surface area contributed by atoms with E-state index in [0.717, 1.165) is 5.76 Å². The minimum absolute atomic E-state index is 0.0396. The van der Waals surface area contributed by atoms with Gasteiger partial charge in [-0.05, 0) is 12.1 Å². The van der Waals surface area contributed by atoms with Gasteiger partial charge in [0.15, 0.2) is 0 Å². The normalized spacial score (nSPS) is 30.1. The van der Waals surface area contributed by atoms with Crippen molar-refractivity contribution >= 4 is 23.5 Å². The summed E-state index contributed by atoms with van der Waals surface area (Å²) >= 11 is 3.98. The van der Waals surface area contributed by atoms with E-state index in [2.05, 4.69) is 6.92 Å². The predicted octanol–water partition coefficient (Wildman–Crippen LogP) is 2.52. The summed E-state index contributed by atoms with van der Waals surface area (Å²) in [5, 5.41) is 1.11. The quantitative estimate of drug-likeness (QED) is 0.846. The fourth-order valence-electron chi connectivity index (χ4n) is 1.69. The smallest absolute Gasteiger partial charge is 0.121 e. The molecular weight excluding hydrogens is 214 g/mol. The van der Waals surface area contributed by atoms with Gasteiger partial charge < -0.3 is 10.2 Å². The van der Waals surface area contributed by atoms with Crippen LogP contribution in [0.15, 0.2) is 22.8 Å². The van der Waals surface area contributed by atoms with E-state index in [1.54, 1.807) is 6.26 Å². The van der Waals surface area contributed by atoms with Crippen LogP contribution in [0, 0.1) is 0 Å².